The summed E-state index contributed by atoms with van der Waals surface area (Å²) in [5.41, 5.74) is 5.58. The summed E-state index contributed by atoms with van der Waals surface area (Å²) in [5.74, 6) is 0.432. The quantitative estimate of drug-likeness (QED) is 0.762. The number of hydrogen-bond donors (Lipinski definition) is 2. The van der Waals surface area contributed by atoms with Gasteiger partial charge in [0.15, 0.2) is 0 Å². The fraction of sp³-hybridized carbons (Fsp3) is 0.929. The van der Waals surface area contributed by atoms with Gasteiger partial charge in [0.1, 0.15) is 6.10 Å². The van der Waals surface area contributed by atoms with Crippen LogP contribution in [0, 0.1) is 5.92 Å². The molecule has 3 N–H and O–H groups in total. The molecular weight excluding hydrogens is 228 g/mol. The molecule has 4 heteroatoms. The van der Waals surface area contributed by atoms with Crippen molar-refractivity contribution in [2.45, 2.75) is 64.6 Å². The Bertz CT molecular complexity index is 261. The van der Waals surface area contributed by atoms with Crippen molar-refractivity contribution in [3.05, 3.63) is 0 Å². The van der Waals surface area contributed by atoms with Gasteiger partial charge in [0.25, 0.3) is 0 Å². The lowest BCUT2D eigenvalue weighted by atomic mass is 9.84. The van der Waals surface area contributed by atoms with Gasteiger partial charge < -0.3 is 15.8 Å². The highest BCUT2D eigenvalue weighted by molar-refractivity contribution is 5.80. The van der Waals surface area contributed by atoms with E-state index >= 15 is 0 Å². The van der Waals surface area contributed by atoms with Crippen molar-refractivity contribution >= 4 is 5.91 Å². The van der Waals surface area contributed by atoms with Gasteiger partial charge in [-0.25, -0.2) is 0 Å². The predicted molar refractivity (Wildman–Crippen MR) is 73.3 cm³/mol. The van der Waals surface area contributed by atoms with Gasteiger partial charge in [0.05, 0.1) is 5.60 Å². The van der Waals surface area contributed by atoms with E-state index in [9.17, 15) is 4.79 Å². The molecule has 0 aromatic carbocycles. The zero-order valence-corrected chi connectivity index (χ0v) is 12.0. The Hall–Kier alpha value is -0.610. The van der Waals surface area contributed by atoms with Crippen molar-refractivity contribution in [1.82, 2.24) is 5.32 Å². The molecule has 1 aliphatic rings. The highest BCUT2D eigenvalue weighted by atomic mass is 16.5. The monoisotopic (exact) mass is 256 g/mol. The molecule has 0 saturated heterocycles. The fourth-order valence-corrected chi connectivity index (χ4v) is 2.44. The number of hydrogen-bond acceptors (Lipinski definition) is 3. The number of carbonyl (C=O) groups is 1. The molecule has 0 aromatic heterocycles. The van der Waals surface area contributed by atoms with Crippen LogP contribution in [0.3, 0.4) is 0 Å². The SMILES string of the molecule is CC(C)CNC(=O)C(C)OC1(CN)CCCCC1. The Morgan fingerprint density at radius 3 is 2.39 bits per heavy atom. The van der Waals surface area contributed by atoms with Crippen LogP contribution in [0.15, 0.2) is 0 Å². The average molecular weight is 256 g/mol. The summed E-state index contributed by atoms with van der Waals surface area (Å²) in [6.45, 7) is 7.18. The van der Waals surface area contributed by atoms with E-state index in [4.69, 9.17) is 10.5 Å². The van der Waals surface area contributed by atoms with E-state index in [-0.39, 0.29) is 11.5 Å². The van der Waals surface area contributed by atoms with Crippen molar-refractivity contribution in [3.8, 4) is 0 Å². The number of nitrogens with one attached hydrogen (secondary N) is 1. The molecule has 1 fully saturated rings. The molecule has 1 rings (SSSR count). The number of amides is 1. The second-order valence-corrected chi connectivity index (χ2v) is 5.85. The van der Waals surface area contributed by atoms with Crippen LogP contribution in [0.5, 0.6) is 0 Å². The first kappa shape index (κ1) is 15.4. The Kier molecular flexibility index (Phi) is 6.09. The fourth-order valence-electron chi connectivity index (χ4n) is 2.44. The van der Waals surface area contributed by atoms with E-state index in [1.165, 1.54) is 6.42 Å². The molecule has 1 unspecified atom stereocenters. The van der Waals surface area contributed by atoms with E-state index in [1.807, 2.05) is 6.92 Å². The molecule has 0 heterocycles. The van der Waals surface area contributed by atoms with E-state index in [0.717, 1.165) is 25.7 Å². The average Bonchev–Trinajstić information content (AvgIpc) is 2.36. The smallest absolute Gasteiger partial charge is 0.248 e. The normalized spacial score (nSPS) is 20.7. The highest BCUT2D eigenvalue weighted by Crippen LogP contribution is 2.31. The standard InChI is InChI=1S/C14H28N2O2/c1-11(2)9-16-13(17)12(3)18-14(10-15)7-5-4-6-8-14/h11-12H,4-10,15H2,1-3H3,(H,16,17). The van der Waals surface area contributed by atoms with Gasteiger partial charge in [-0.3, -0.25) is 4.79 Å². The number of nitrogens with two attached hydrogens (primary N) is 1. The first-order valence-electron chi connectivity index (χ1n) is 7.15. The zero-order valence-electron chi connectivity index (χ0n) is 12.0. The van der Waals surface area contributed by atoms with Crippen LogP contribution in [0.2, 0.25) is 0 Å². The molecular formula is C14H28N2O2. The maximum atomic E-state index is 11.9. The van der Waals surface area contributed by atoms with Crippen molar-refractivity contribution in [2.75, 3.05) is 13.1 Å². The lowest BCUT2D eigenvalue weighted by molar-refractivity contribution is -0.149. The molecule has 0 spiro atoms. The van der Waals surface area contributed by atoms with E-state index in [1.54, 1.807) is 0 Å². The minimum atomic E-state index is -0.412. The summed E-state index contributed by atoms with van der Waals surface area (Å²) >= 11 is 0. The second-order valence-electron chi connectivity index (χ2n) is 5.85. The van der Waals surface area contributed by atoms with E-state index in [0.29, 0.717) is 19.0 Å². The van der Waals surface area contributed by atoms with Gasteiger partial charge in [0, 0.05) is 13.1 Å². The summed E-state index contributed by atoms with van der Waals surface area (Å²) < 4.78 is 5.99. The summed E-state index contributed by atoms with van der Waals surface area (Å²) in [6, 6.07) is 0. The summed E-state index contributed by atoms with van der Waals surface area (Å²) in [4.78, 5) is 11.9. The summed E-state index contributed by atoms with van der Waals surface area (Å²) in [6.07, 6.45) is 5.09. The Morgan fingerprint density at radius 2 is 1.89 bits per heavy atom. The first-order chi connectivity index (χ1) is 8.49. The third-order valence-corrected chi connectivity index (χ3v) is 3.62. The maximum Gasteiger partial charge on any atom is 0.248 e. The van der Waals surface area contributed by atoms with Crippen LogP contribution >= 0.6 is 0 Å². The van der Waals surface area contributed by atoms with Crippen molar-refractivity contribution in [3.63, 3.8) is 0 Å². The van der Waals surface area contributed by atoms with Crippen LogP contribution in [-0.2, 0) is 9.53 Å². The zero-order chi connectivity index (χ0) is 13.6. The number of rotatable bonds is 6. The largest absolute Gasteiger partial charge is 0.361 e. The third kappa shape index (κ3) is 4.58. The summed E-state index contributed by atoms with van der Waals surface area (Å²) in [7, 11) is 0. The Labute approximate surface area is 111 Å². The predicted octanol–water partition coefficient (Wildman–Crippen LogP) is 1.83. The Morgan fingerprint density at radius 1 is 1.28 bits per heavy atom. The van der Waals surface area contributed by atoms with Gasteiger partial charge in [-0.15, -0.1) is 0 Å². The van der Waals surface area contributed by atoms with Gasteiger partial charge >= 0.3 is 0 Å². The van der Waals surface area contributed by atoms with Crippen LogP contribution in [-0.4, -0.2) is 30.7 Å². The minimum Gasteiger partial charge on any atom is -0.361 e. The lowest BCUT2D eigenvalue weighted by Gasteiger charge is -2.38. The molecule has 0 aliphatic heterocycles. The van der Waals surface area contributed by atoms with Crippen LogP contribution < -0.4 is 11.1 Å². The maximum absolute atomic E-state index is 11.9. The molecule has 4 nitrogen and oxygen atoms in total. The molecule has 0 radical (unpaired) electrons. The van der Waals surface area contributed by atoms with E-state index in [2.05, 4.69) is 19.2 Å². The van der Waals surface area contributed by atoms with Gasteiger partial charge in [-0.05, 0) is 25.7 Å². The highest BCUT2D eigenvalue weighted by Gasteiger charge is 2.34. The molecule has 0 bridgehead atoms. The summed E-state index contributed by atoms with van der Waals surface area (Å²) in [5, 5.41) is 2.91. The van der Waals surface area contributed by atoms with Crippen LogP contribution in [0.25, 0.3) is 0 Å². The van der Waals surface area contributed by atoms with Gasteiger partial charge in [-0.2, -0.15) is 0 Å². The second kappa shape index (κ2) is 7.10. The minimum absolute atomic E-state index is 0.0258. The molecule has 18 heavy (non-hydrogen) atoms. The van der Waals surface area contributed by atoms with Crippen LogP contribution in [0.1, 0.15) is 52.9 Å². The van der Waals surface area contributed by atoms with Crippen molar-refractivity contribution in [1.29, 1.82) is 0 Å². The lowest BCUT2D eigenvalue weighted by Crippen LogP contribution is -2.48. The molecule has 1 saturated carbocycles. The molecule has 106 valence electrons. The number of carbonyl (C=O) groups excluding carboxylic acids is 1. The Balaban J connectivity index is 2.45. The number of ether oxygens (including phenoxy) is 1. The third-order valence-electron chi connectivity index (χ3n) is 3.62. The topological polar surface area (TPSA) is 64.3 Å². The molecule has 1 amide bonds. The van der Waals surface area contributed by atoms with Crippen molar-refractivity contribution < 1.29 is 9.53 Å². The van der Waals surface area contributed by atoms with Gasteiger partial charge in [0.2, 0.25) is 5.91 Å². The van der Waals surface area contributed by atoms with Crippen molar-refractivity contribution in [2.24, 2.45) is 11.7 Å². The molecule has 1 atom stereocenters. The molecule has 0 aromatic rings. The van der Waals surface area contributed by atoms with E-state index < -0.39 is 6.10 Å². The van der Waals surface area contributed by atoms with Crippen LogP contribution in [0.4, 0.5) is 0 Å². The molecule has 1 aliphatic carbocycles. The first-order valence-corrected chi connectivity index (χ1v) is 7.15. The van der Waals surface area contributed by atoms with Gasteiger partial charge in [-0.1, -0.05) is 33.1 Å².